The van der Waals surface area contributed by atoms with E-state index in [4.69, 9.17) is 4.74 Å². The van der Waals surface area contributed by atoms with Gasteiger partial charge in [-0.2, -0.15) is 0 Å². The van der Waals surface area contributed by atoms with Crippen LogP contribution in [0.3, 0.4) is 0 Å². The van der Waals surface area contributed by atoms with Gasteiger partial charge in [0.25, 0.3) is 0 Å². The zero-order valence-electron chi connectivity index (χ0n) is 14.1. The van der Waals surface area contributed by atoms with Crippen molar-refractivity contribution in [2.24, 2.45) is 0 Å². The van der Waals surface area contributed by atoms with Crippen LogP contribution >= 0.6 is 0 Å². The van der Waals surface area contributed by atoms with E-state index in [0.717, 1.165) is 30.3 Å². The van der Waals surface area contributed by atoms with Crippen molar-refractivity contribution in [1.29, 1.82) is 0 Å². The van der Waals surface area contributed by atoms with Gasteiger partial charge in [-0.15, -0.1) is 0 Å². The lowest BCUT2D eigenvalue weighted by molar-refractivity contribution is 0.0599. The minimum Gasteiger partial charge on any atom is -0.465 e. The van der Waals surface area contributed by atoms with Crippen LogP contribution in [0.15, 0.2) is 30.5 Å². The third-order valence-electron chi connectivity index (χ3n) is 4.20. The Labute approximate surface area is 141 Å². The van der Waals surface area contributed by atoms with Gasteiger partial charge in [-0.05, 0) is 49.6 Å². The van der Waals surface area contributed by atoms with Gasteiger partial charge in [-0.3, -0.25) is 0 Å². The minimum atomic E-state index is -0.365. The Bertz CT molecular complexity index is 727. The van der Waals surface area contributed by atoms with Crippen molar-refractivity contribution in [2.75, 3.05) is 30.4 Å². The summed E-state index contributed by atoms with van der Waals surface area (Å²) in [6.07, 6.45) is 4.32. The number of nitrogens with zero attached hydrogens (tertiary/aromatic N) is 3. The van der Waals surface area contributed by atoms with Gasteiger partial charge in [-0.1, -0.05) is 0 Å². The van der Waals surface area contributed by atoms with E-state index >= 15 is 0 Å². The molecule has 6 heteroatoms. The first-order chi connectivity index (χ1) is 11.7. The van der Waals surface area contributed by atoms with Crippen LogP contribution in [-0.4, -0.2) is 36.1 Å². The fourth-order valence-corrected chi connectivity index (χ4v) is 2.87. The molecular formula is C18H22N4O2. The standard InChI is InChI=1S/C18H22N4O2/c1-13-15(18(23)24-2)5-6-16(21-13)20-12-14-7-8-19-17(11-14)22-9-3-4-10-22/h5-8,11H,3-4,9-10,12H2,1-2H3,(H,20,21). The van der Waals surface area contributed by atoms with E-state index in [1.54, 1.807) is 19.1 Å². The third-order valence-corrected chi connectivity index (χ3v) is 4.20. The highest BCUT2D eigenvalue weighted by Gasteiger charge is 2.14. The molecule has 0 amide bonds. The Kier molecular flexibility index (Phi) is 4.93. The molecule has 1 saturated heterocycles. The molecule has 1 aliphatic heterocycles. The number of esters is 1. The lowest BCUT2D eigenvalue weighted by Crippen LogP contribution is -2.19. The quantitative estimate of drug-likeness (QED) is 0.852. The topological polar surface area (TPSA) is 67.3 Å². The number of rotatable bonds is 5. The highest BCUT2D eigenvalue weighted by molar-refractivity contribution is 5.90. The molecule has 2 aromatic heterocycles. The van der Waals surface area contributed by atoms with Crippen LogP contribution in [0.5, 0.6) is 0 Å². The maximum Gasteiger partial charge on any atom is 0.339 e. The molecule has 0 aliphatic carbocycles. The maximum atomic E-state index is 11.6. The predicted molar refractivity (Wildman–Crippen MR) is 93.3 cm³/mol. The lowest BCUT2D eigenvalue weighted by atomic mass is 10.2. The molecule has 1 N–H and O–H groups in total. The molecule has 0 radical (unpaired) electrons. The summed E-state index contributed by atoms with van der Waals surface area (Å²) in [4.78, 5) is 22.8. The summed E-state index contributed by atoms with van der Waals surface area (Å²) in [6.45, 7) is 4.63. The SMILES string of the molecule is COC(=O)c1ccc(NCc2ccnc(N3CCCC3)c2)nc1C. The maximum absolute atomic E-state index is 11.6. The van der Waals surface area contributed by atoms with Crippen molar-refractivity contribution < 1.29 is 9.53 Å². The summed E-state index contributed by atoms with van der Waals surface area (Å²) in [5, 5.41) is 3.29. The van der Waals surface area contributed by atoms with Gasteiger partial charge in [0.15, 0.2) is 0 Å². The van der Waals surface area contributed by atoms with E-state index in [9.17, 15) is 4.79 Å². The summed E-state index contributed by atoms with van der Waals surface area (Å²) in [7, 11) is 1.37. The smallest absolute Gasteiger partial charge is 0.339 e. The second-order valence-corrected chi connectivity index (χ2v) is 5.89. The zero-order valence-corrected chi connectivity index (χ0v) is 14.1. The van der Waals surface area contributed by atoms with Crippen LogP contribution < -0.4 is 10.2 Å². The number of aromatic nitrogens is 2. The van der Waals surface area contributed by atoms with Gasteiger partial charge in [0.2, 0.25) is 0 Å². The Morgan fingerprint density at radius 2 is 2.08 bits per heavy atom. The van der Waals surface area contributed by atoms with Crippen molar-refractivity contribution in [3.8, 4) is 0 Å². The Hall–Kier alpha value is -2.63. The second-order valence-electron chi connectivity index (χ2n) is 5.89. The molecule has 0 aromatic carbocycles. The molecule has 1 aliphatic rings. The number of hydrogen-bond acceptors (Lipinski definition) is 6. The molecule has 3 heterocycles. The van der Waals surface area contributed by atoms with Crippen molar-refractivity contribution in [2.45, 2.75) is 26.3 Å². The molecule has 3 rings (SSSR count). The van der Waals surface area contributed by atoms with Gasteiger partial charge in [0, 0.05) is 25.8 Å². The van der Waals surface area contributed by atoms with E-state index in [2.05, 4.69) is 26.3 Å². The first kappa shape index (κ1) is 16.2. The van der Waals surface area contributed by atoms with Gasteiger partial charge >= 0.3 is 5.97 Å². The average Bonchev–Trinajstić information content (AvgIpc) is 3.14. The molecule has 0 unspecified atom stereocenters. The summed E-state index contributed by atoms with van der Waals surface area (Å²) >= 11 is 0. The molecular weight excluding hydrogens is 304 g/mol. The Morgan fingerprint density at radius 1 is 1.29 bits per heavy atom. The number of carbonyl (C=O) groups excluding carboxylic acids is 1. The molecule has 0 saturated carbocycles. The summed E-state index contributed by atoms with van der Waals surface area (Å²) in [5.41, 5.74) is 2.30. The number of aryl methyl sites for hydroxylation is 1. The van der Waals surface area contributed by atoms with Crippen LogP contribution in [0.4, 0.5) is 11.6 Å². The molecule has 126 valence electrons. The molecule has 6 nitrogen and oxygen atoms in total. The second kappa shape index (κ2) is 7.29. The number of hydrogen-bond donors (Lipinski definition) is 1. The molecule has 2 aromatic rings. The van der Waals surface area contributed by atoms with Crippen LogP contribution in [0.1, 0.15) is 34.5 Å². The average molecular weight is 326 g/mol. The highest BCUT2D eigenvalue weighted by atomic mass is 16.5. The van der Waals surface area contributed by atoms with E-state index in [1.807, 2.05) is 12.3 Å². The number of ether oxygens (including phenoxy) is 1. The normalized spacial score (nSPS) is 13.8. The largest absolute Gasteiger partial charge is 0.465 e. The third kappa shape index (κ3) is 3.64. The first-order valence-corrected chi connectivity index (χ1v) is 8.17. The lowest BCUT2D eigenvalue weighted by Gasteiger charge is -2.17. The van der Waals surface area contributed by atoms with Gasteiger partial charge in [-0.25, -0.2) is 14.8 Å². The fourth-order valence-electron chi connectivity index (χ4n) is 2.87. The predicted octanol–water partition coefficient (Wildman–Crippen LogP) is 2.78. The van der Waals surface area contributed by atoms with Crippen molar-refractivity contribution in [3.63, 3.8) is 0 Å². The fraction of sp³-hybridized carbons (Fsp3) is 0.389. The molecule has 0 bridgehead atoms. The van der Waals surface area contributed by atoms with E-state index < -0.39 is 0 Å². The van der Waals surface area contributed by atoms with Crippen molar-refractivity contribution >= 4 is 17.6 Å². The van der Waals surface area contributed by atoms with Crippen molar-refractivity contribution in [3.05, 3.63) is 47.3 Å². The van der Waals surface area contributed by atoms with Gasteiger partial charge in [0.05, 0.1) is 18.4 Å². The summed E-state index contributed by atoms with van der Waals surface area (Å²) < 4.78 is 4.74. The Balaban J connectivity index is 1.66. The number of carbonyl (C=O) groups is 1. The van der Waals surface area contributed by atoms with Gasteiger partial charge < -0.3 is 15.0 Å². The van der Waals surface area contributed by atoms with Crippen LogP contribution in [0.25, 0.3) is 0 Å². The zero-order chi connectivity index (χ0) is 16.9. The minimum absolute atomic E-state index is 0.365. The van der Waals surface area contributed by atoms with Crippen LogP contribution in [-0.2, 0) is 11.3 Å². The molecule has 24 heavy (non-hydrogen) atoms. The van der Waals surface area contributed by atoms with E-state index in [1.165, 1.54) is 20.0 Å². The monoisotopic (exact) mass is 326 g/mol. The van der Waals surface area contributed by atoms with Crippen LogP contribution in [0.2, 0.25) is 0 Å². The summed E-state index contributed by atoms with van der Waals surface area (Å²) in [5.74, 6) is 1.41. The first-order valence-electron chi connectivity index (χ1n) is 8.17. The highest BCUT2D eigenvalue weighted by Crippen LogP contribution is 2.19. The van der Waals surface area contributed by atoms with E-state index in [0.29, 0.717) is 17.8 Å². The molecule has 1 fully saturated rings. The summed E-state index contributed by atoms with van der Waals surface area (Å²) in [6, 6.07) is 7.65. The number of anilines is 2. The Morgan fingerprint density at radius 3 is 2.79 bits per heavy atom. The van der Waals surface area contributed by atoms with E-state index in [-0.39, 0.29) is 5.97 Å². The molecule has 0 atom stereocenters. The number of pyridine rings is 2. The molecule has 0 spiro atoms. The number of nitrogens with one attached hydrogen (secondary N) is 1. The van der Waals surface area contributed by atoms with Gasteiger partial charge in [0.1, 0.15) is 11.6 Å². The van der Waals surface area contributed by atoms with Crippen molar-refractivity contribution in [1.82, 2.24) is 9.97 Å². The van der Waals surface area contributed by atoms with Crippen LogP contribution in [0, 0.1) is 6.92 Å². The number of methoxy groups -OCH3 is 1.